The highest BCUT2D eigenvalue weighted by atomic mass is 31.2. The van der Waals surface area contributed by atoms with E-state index in [0.29, 0.717) is 25.7 Å². The van der Waals surface area contributed by atoms with E-state index in [1.54, 1.807) is 0 Å². The molecule has 0 aromatic carbocycles. The topological polar surface area (TPSA) is 237 Å². The molecule has 2 unspecified atom stereocenters. The molecule has 0 rings (SSSR count). The third-order valence-electron chi connectivity index (χ3n) is 18.4. The summed E-state index contributed by atoms with van der Waals surface area (Å²) in [5.41, 5.74) is 0. The van der Waals surface area contributed by atoms with E-state index in [4.69, 9.17) is 37.0 Å². The number of ether oxygens (including phenoxy) is 4. The van der Waals surface area contributed by atoms with Gasteiger partial charge in [-0.25, -0.2) is 9.13 Å². The first-order valence-electron chi connectivity index (χ1n) is 40.8. The zero-order valence-electron chi connectivity index (χ0n) is 63.1. The van der Waals surface area contributed by atoms with Crippen molar-refractivity contribution in [3.63, 3.8) is 0 Å². The molecule has 0 aliphatic rings. The fourth-order valence-electron chi connectivity index (χ4n) is 12.1. The van der Waals surface area contributed by atoms with Crippen LogP contribution in [0, 0.1) is 0 Å². The Morgan fingerprint density at radius 1 is 0.247 bits per heavy atom. The lowest BCUT2D eigenvalue weighted by atomic mass is 10.0. The number of carbonyl (C=O) groups excluding carboxylic acids is 4. The van der Waals surface area contributed by atoms with Gasteiger partial charge in [0, 0.05) is 25.7 Å². The Morgan fingerprint density at radius 2 is 0.412 bits per heavy atom. The first kappa shape index (κ1) is 95.1. The zero-order valence-corrected chi connectivity index (χ0v) is 64.8. The van der Waals surface area contributed by atoms with Gasteiger partial charge in [-0.1, -0.05) is 368 Å². The standard InChI is InChI=1S/C78H152O17P2/c1-5-9-13-17-21-25-28-31-33-35-36-38-40-43-46-49-53-57-61-65-78(83)95-74(69-89-76(81)63-59-55-51-47-44-42-39-37-34-32-29-26-22-18-14-10-6-2)71-93-97(86,87)91-67-72(79)66-90-96(84,85)92-70-73(68-88-75(80)62-58-54-50-24-20-16-12-8-4)94-77(82)64-60-56-52-48-45-41-30-27-23-19-15-11-7-3/h72-74,79H,5-71H2,1-4H3,(H,84,85)(H,86,87)/t72-,73+,74+/m0/s1. The fraction of sp³-hybridized carbons (Fsp3) is 0.949. The maximum Gasteiger partial charge on any atom is 0.472 e. The number of phosphoric ester groups is 2. The average Bonchev–Trinajstić information content (AvgIpc) is 0.993. The van der Waals surface area contributed by atoms with Crippen LogP contribution in [0.15, 0.2) is 0 Å². The molecule has 19 heteroatoms. The van der Waals surface area contributed by atoms with Crippen molar-refractivity contribution in [3.8, 4) is 0 Å². The number of hydrogen-bond acceptors (Lipinski definition) is 15. The van der Waals surface area contributed by atoms with Crippen LogP contribution in [0.5, 0.6) is 0 Å². The first-order valence-corrected chi connectivity index (χ1v) is 43.8. The first-order chi connectivity index (χ1) is 47.2. The Morgan fingerprint density at radius 3 is 0.608 bits per heavy atom. The molecule has 0 saturated heterocycles. The van der Waals surface area contributed by atoms with Gasteiger partial charge in [0.25, 0.3) is 0 Å². The number of unbranched alkanes of at least 4 members (excludes halogenated alkanes) is 53. The molecule has 0 fully saturated rings. The lowest BCUT2D eigenvalue weighted by Crippen LogP contribution is -2.30. The Kier molecular flexibility index (Phi) is 71.0. The summed E-state index contributed by atoms with van der Waals surface area (Å²) in [6, 6.07) is 0. The summed E-state index contributed by atoms with van der Waals surface area (Å²) >= 11 is 0. The van der Waals surface area contributed by atoms with Crippen LogP contribution >= 0.6 is 15.6 Å². The minimum absolute atomic E-state index is 0.108. The van der Waals surface area contributed by atoms with E-state index in [2.05, 4.69) is 27.7 Å². The largest absolute Gasteiger partial charge is 0.472 e. The Bertz CT molecular complexity index is 1840. The van der Waals surface area contributed by atoms with Gasteiger partial charge in [-0.05, 0) is 25.7 Å². The number of phosphoric acid groups is 2. The molecule has 0 bridgehead atoms. The number of rotatable bonds is 79. The summed E-state index contributed by atoms with van der Waals surface area (Å²) in [7, 11) is -9.91. The third-order valence-corrected chi connectivity index (χ3v) is 20.3. The molecule has 97 heavy (non-hydrogen) atoms. The predicted octanol–water partition coefficient (Wildman–Crippen LogP) is 23.4. The number of hydrogen-bond donors (Lipinski definition) is 3. The molecule has 0 aromatic heterocycles. The summed E-state index contributed by atoms with van der Waals surface area (Å²) in [4.78, 5) is 72.8. The van der Waals surface area contributed by atoms with E-state index >= 15 is 0 Å². The molecule has 576 valence electrons. The Hall–Kier alpha value is -1.94. The number of carbonyl (C=O) groups is 4. The smallest absolute Gasteiger partial charge is 0.462 e. The van der Waals surface area contributed by atoms with E-state index in [9.17, 15) is 43.2 Å². The number of esters is 4. The number of aliphatic hydroxyl groups is 1. The van der Waals surface area contributed by atoms with Crippen molar-refractivity contribution in [3.05, 3.63) is 0 Å². The zero-order chi connectivity index (χ0) is 71.1. The molecule has 0 saturated carbocycles. The summed E-state index contributed by atoms with van der Waals surface area (Å²) in [5.74, 6) is -2.11. The predicted molar refractivity (Wildman–Crippen MR) is 395 cm³/mol. The molecular weight excluding hydrogens is 1270 g/mol. The summed E-state index contributed by atoms with van der Waals surface area (Å²) < 4.78 is 68.5. The average molecular weight is 1420 g/mol. The normalized spacial score (nSPS) is 13.8. The molecule has 0 aromatic rings. The van der Waals surface area contributed by atoms with Gasteiger partial charge in [0.05, 0.1) is 26.4 Å². The van der Waals surface area contributed by atoms with E-state index in [1.807, 2.05) is 0 Å². The monoisotopic (exact) mass is 1420 g/mol. The minimum Gasteiger partial charge on any atom is -0.462 e. The maximum absolute atomic E-state index is 13.1. The molecule has 5 atom stereocenters. The lowest BCUT2D eigenvalue weighted by Gasteiger charge is -2.21. The van der Waals surface area contributed by atoms with Crippen LogP contribution in [0.25, 0.3) is 0 Å². The van der Waals surface area contributed by atoms with Gasteiger partial charge in [-0.15, -0.1) is 0 Å². The van der Waals surface area contributed by atoms with Crippen LogP contribution in [-0.2, 0) is 65.4 Å². The molecular formula is C78H152O17P2. The van der Waals surface area contributed by atoms with Crippen molar-refractivity contribution in [1.82, 2.24) is 0 Å². The van der Waals surface area contributed by atoms with E-state index in [0.717, 1.165) is 89.9 Å². The molecule has 0 aliphatic heterocycles. The van der Waals surface area contributed by atoms with Crippen LogP contribution in [0.2, 0.25) is 0 Å². The second kappa shape index (κ2) is 72.4. The van der Waals surface area contributed by atoms with Gasteiger partial charge in [0.15, 0.2) is 12.2 Å². The van der Waals surface area contributed by atoms with Gasteiger partial charge in [-0.3, -0.25) is 37.3 Å². The molecule has 0 aliphatic carbocycles. The van der Waals surface area contributed by atoms with Crippen LogP contribution in [0.3, 0.4) is 0 Å². The van der Waals surface area contributed by atoms with Gasteiger partial charge < -0.3 is 33.8 Å². The van der Waals surface area contributed by atoms with Gasteiger partial charge in [0.2, 0.25) is 0 Å². The van der Waals surface area contributed by atoms with Gasteiger partial charge in [0.1, 0.15) is 19.3 Å². The second-order valence-corrected chi connectivity index (χ2v) is 31.0. The van der Waals surface area contributed by atoms with Crippen molar-refractivity contribution < 1.29 is 80.2 Å². The maximum atomic E-state index is 13.1. The second-order valence-electron chi connectivity index (χ2n) is 28.1. The van der Waals surface area contributed by atoms with Crippen LogP contribution in [0.4, 0.5) is 0 Å². The summed E-state index contributed by atoms with van der Waals surface area (Å²) in [6.45, 7) is 4.98. The van der Waals surface area contributed by atoms with Crippen molar-refractivity contribution in [2.45, 2.75) is 438 Å². The SMILES string of the molecule is CCCCCCCCCCCCCCCCCCCCCC(=O)O[C@H](COC(=O)CCCCCCCCCCCCCCCCCCC)COP(=O)(O)OC[C@@H](O)COP(=O)(O)OC[C@@H](COC(=O)CCCCCCCCCC)OC(=O)CCCCCCCCCCCCCCC. The number of aliphatic hydroxyl groups excluding tert-OH is 1. The van der Waals surface area contributed by atoms with Gasteiger partial charge in [-0.2, -0.15) is 0 Å². The fourth-order valence-corrected chi connectivity index (χ4v) is 13.7. The Balaban J connectivity index is 5.20. The summed E-state index contributed by atoms with van der Waals surface area (Å²) in [5, 5.41) is 10.6. The van der Waals surface area contributed by atoms with Crippen LogP contribution in [0.1, 0.15) is 419 Å². The third kappa shape index (κ3) is 72.2. The molecule has 17 nitrogen and oxygen atoms in total. The van der Waals surface area contributed by atoms with Gasteiger partial charge >= 0.3 is 39.5 Å². The van der Waals surface area contributed by atoms with E-state index < -0.39 is 97.5 Å². The highest BCUT2D eigenvalue weighted by molar-refractivity contribution is 7.47. The van der Waals surface area contributed by atoms with E-state index in [1.165, 1.54) is 250 Å². The molecule has 0 heterocycles. The van der Waals surface area contributed by atoms with Crippen molar-refractivity contribution in [2.24, 2.45) is 0 Å². The van der Waals surface area contributed by atoms with Crippen LogP contribution < -0.4 is 0 Å². The van der Waals surface area contributed by atoms with Crippen molar-refractivity contribution >= 4 is 39.5 Å². The van der Waals surface area contributed by atoms with E-state index in [-0.39, 0.29) is 25.7 Å². The quantitative estimate of drug-likeness (QED) is 0.0222. The highest BCUT2D eigenvalue weighted by Gasteiger charge is 2.30. The summed E-state index contributed by atoms with van der Waals surface area (Å²) in [6.07, 6.45) is 63.9. The van der Waals surface area contributed by atoms with Crippen molar-refractivity contribution in [2.75, 3.05) is 39.6 Å². The van der Waals surface area contributed by atoms with Crippen molar-refractivity contribution in [1.29, 1.82) is 0 Å². The molecule has 3 N–H and O–H groups in total. The Labute approximate surface area is 594 Å². The molecule has 0 spiro atoms. The molecule has 0 radical (unpaired) electrons. The highest BCUT2D eigenvalue weighted by Crippen LogP contribution is 2.45. The minimum atomic E-state index is -4.96. The lowest BCUT2D eigenvalue weighted by molar-refractivity contribution is -0.161. The molecule has 0 amide bonds. The van der Waals surface area contributed by atoms with Crippen LogP contribution in [-0.4, -0.2) is 96.7 Å².